The van der Waals surface area contributed by atoms with Crippen molar-refractivity contribution in [1.29, 1.82) is 0 Å². The molecule has 124 valence electrons. The number of nitrogens with zero attached hydrogens (tertiary/aromatic N) is 2. The number of nitrogens with one attached hydrogen (secondary N) is 1. The number of hydrogen-bond acceptors (Lipinski definition) is 6. The van der Waals surface area contributed by atoms with E-state index in [0.29, 0.717) is 11.7 Å². The normalized spacial score (nSPS) is 16.9. The van der Waals surface area contributed by atoms with Crippen LogP contribution in [0, 0.1) is 12.3 Å². The predicted octanol–water partition coefficient (Wildman–Crippen LogP) is 3.43. The van der Waals surface area contributed by atoms with Crippen molar-refractivity contribution in [3.05, 3.63) is 17.5 Å². The molecule has 0 atom stereocenters. The zero-order chi connectivity index (χ0) is 16.8. The van der Waals surface area contributed by atoms with Crippen molar-refractivity contribution in [3.63, 3.8) is 0 Å². The van der Waals surface area contributed by atoms with Gasteiger partial charge in [0.1, 0.15) is 0 Å². The first-order valence-electron chi connectivity index (χ1n) is 7.74. The second-order valence-electron chi connectivity index (χ2n) is 7.26. The highest BCUT2D eigenvalue weighted by Gasteiger charge is 2.39. The molecular weight excluding hydrogens is 312 g/mol. The van der Waals surface area contributed by atoms with Crippen LogP contribution in [0.3, 0.4) is 0 Å². The van der Waals surface area contributed by atoms with Gasteiger partial charge in [-0.2, -0.15) is 4.98 Å². The summed E-state index contributed by atoms with van der Waals surface area (Å²) in [5.41, 5.74) is 6.36. The molecular formula is C16H22N4O2S. The Kier molecular flexibility index (Phi) is 3.80. The molecule has 23 heavy (non-hydrogen) atoms. The Morgan fingerprint density at radius 1 is 1.43 bits per heavy atom. The lowest BCUT2D eigenvalue weighted by Gasteiger charge is -2.34. The molecule has 3 N–H and O–H groups in total. The number of thiophene rings is 1. The number of rotatable bonds is 3. The Morgan fingerprint density at radius 2 is 2.13 bits per heavy atom. The first-order chi connectivity index (χ1) is 10.7. The van der Waals surface area contributed by atoms with Gasteiger partial charge in [0.15, 0.2) is 5.82 Å². The highest BCUT2D eigenvalue weighted by atomic mass is 32.1. The fourth-order valence-corrected chi connectivity index (χ4v) is 3.34. The molecule has 2 aromatic heterocycles. The molecule has 2 aromatic rings. The Bertz CT molecular complexity index is 738. The minimum absolute atomic E-state index is 0.0214. The molecule has 1 amide bonds. The molecule has 2 heterocycles. The summed E-state index contributed by atoms with van der Waals surface area (Å²) in [7, 11) is 0. The fraction of sp³-hybridized carbons (Fsp3) is 0.562. The van der Waals surface area contributed by atoms with E-state index in [1.54, 1.807) is 0 Å². The SMILES string of the molecule is Cc1cc(NC(=O)C(C)(C)C)sc1-c1nc(C2(N)CCC2)no1. The van der Waals surface area contributed by atoms with Gasteiger partial charge in [-0.15, -0.1) is 11.3 Å². The van der Waals surface area contributed by atoms with Gasteiger partial charge in [-0.25, -0.2) is 0 Å². The third-order valence-electron chi connectivity index (χ3n) is 4.15. The van der Waals surface area contributed by atoms with E-state index >= 15 is 0 Å². The maximum atomic E-state index is 12.1. The van der Waals surface area contributed by atoms with Crippen LogP contribution in [0.5, 0.6) is 0 Å². The van der Waals surface area contributed by atoms with Crippen LogP contribution in [0.1, 0.15) is 51.4 Å². The highest BCUT2D eigenvalue weighted by molar-refractivity contribution is 7.19. The molecule has 1 fully saturated rings. The number of aryl methyl sites for hydroxylation is 1. The van der Waals surface area contributed by atoms with E-state index in [2.05, 4.69) is 15.5 Å². The zero-order valence-electron chi connectivity index (χ0n) is 13.9. The van der Waals surface area contributed by atoms with Crippen LogP contribution in [0.4, 0.5) is 5.00 Å². The summed E-state index contributed by atoms with van der Waals surface area (Å²) in [6, 6.07) is 1.93. The number of anilines is 1. The molecule has 1 saturated carbocycles. The van der Waals surface area contributed by atoms with Gasteiger partial charge in [-0.3, -0.25) is 4.79 Å². The molecule has 1 aliphatic carbocycles. The average molecular weight is 334 g/mol. The molecule has 0 aromatic carbocycles. The van der Waals surface area contributed by atoms with Gasteiger partial charge in [0.2, 0.25) is 5.91 Å². The van der Waals surface area contributed by atoms with Crippen LogP contribution in [-0.2, 0) is 10.3 Å². The lowest BCUT2D eigenvalue weighted by Crippen LogP contribution is -2.44. The topological polar surface area (TPSA) is 94.0 Å². The van der Waals surface area contributed by atoms with Gasteiger partial charge in [0.05, 0.1) is 15.4 Å². The van der Waals surface area contributed by atoms with E-state index in [9.17, 15) is 4.79 Å². The monoisotopic (exact) mass is 334 g/mol. The first-order valence-corrected chi connectivity index (χ1v) is 8.56. The van der Waals surface area contributed by atoms with Crippen LogP contribution in [0.15, 0.2) is 10.6 Å². The summed E-state index contributed by atoms with van der Waals surface area (Å²) in [6.07, 6.45) is 2.88. The number of nitrogens with two attached hydrogens (primary N) is 1. The van der Waals surface area contributed by atoms with E-state index in [1.165, 1.54) is 11.3 Å². The van der Waals surface area contributed by atoms with Gasteiger partial charge < -0.3 is 15.6 Å². The third-order valence-corrected chi connectivity index (χ3v) is 5.29. The molecule has 0 saturated heterocycles. The number of amides is 1. The Labute approximate surface area is 139 Å². The van der Waals surface area contributed by atoms with E-state index in [1.807, 2.05) is 33.8 Å². The number of carbonyl (C=O) groups excluding carboxylic acids is 1. The largest absolute Gasteiger partial charge is 0.333 e. The molecule has 0 unspecified atom stereocenters. The number of carbonyl (C=O) groups is 1. The van der Waals surface area contributed by atoms with Crippen molar-refractivity contribution in [2.24, 2.45) is 11.1 Å². The molecule has 0 bridgehead atoms. The maximum absolute atomic E-state index is 12.1. The van der Waals surface area contributed by atoms with E-state index in [-0.39, 0.29) is 5.91 Å². The molecule has 7 heteroatoms. The van der Waals surface area contributed by atoms with Crippen molar-refractivity contribution >= 4 is 22.2 Å². The second kappa shape index (κ2) is 5.42. The van der Waals surface area contributed by atoms with Crippen molar-refractivity contribution in [2.75, 3.05) is 5.32 Å². The smallest absolute Gasteiger partial charge is 0.268 e. The lowest BCUT2D eigenvalue weighted by atomic mass is 9.77. The van der Waals surface area contributed by atoms with Crippen LogP contribution < -0.4 is 11.1 Å². The van der Waals surface area contributed by atoms with Crippen molar-refractivity contribution in [1.82, 2.24) is 10.1 Å². The summed E-state index contributed by atoms with van der Waals surface area (Å²) in [5, 5.41) is 7.76. The van der Waals surface area contributed by atoms with Crippen LogP contribution in [0.2, 0.25) is 0 Å². The van der Waals surface area contributed by atoms with Crippen molar-refractivity contribution in [3.8, 4) is 10.8 Å². The van der Waals surface area contributed by atoms with E-state index < -0.39 is 11.0 Å². The summed E-state index contributed by atoms with van der Waals surface area (Å²) >= 11 is 1.44. The van der Waals surface area contributed by atoms with Crippen LogP contribution in [0.25, 0.3) is 10.8 Å². The first kappa shape index (κ1) is 16.1. The quantitative estimate of drug-likeness (QED) is 0.897. The van der Waals surface area contributed by atoms with Gasteiger partial charge in [0, 0.05) is 5.41 Å². The Balaban J connectivity index is 1.83. The second-order valence-corrected chi connectivity index (χ2v) is 8.31. The number of aromatic nitrogens is 2. The minimum atomic E-state index is -0.439. The molecule has 0 spiro atoms. The van der Waals surface area contributed by atoms with Gasteiger partial charge in [0.25, 0.3) is 5.89 Å². The van der Waals surface area contributed by atoms with Crippen LogP contribution >= 0.6 is 11.3 Å². The Hall–Kier alpha value is -1.73. The van der Waals surface area contributed by atoms with Gasteiger partial charge >= 0.3 is 0 Å². The lowest BCUT2D eigenvalue weighted by molar-refractivity contribution is -0.123. The van der Waals surface area contributed by atoms with E-state index in [0.717, 1.165) is 34.7 Å². The minimum Gasteiger partial charge on any atom is -0.333 e. The van der Waals surface area contributed by atoms with Crippen molar-refractivity contribution in [2.45, 2.75) is 52.5 Å². The summed E-state index contributed by atoms with van der Waals surface area (Å²) in [5.74, 6) is 1.02. The highest BCUT2D eigenvalue weighted by Crippen LogP contribution is 2.40. The molecule has 1 aliphatic rings. The van der Waals surface area contributed by atoms with E-state index in [4.69, 9.17) is 10.3 Å². The third kappa shape index (κ3) is 3.03. The average Bonchev–Trinajstić information content (AvgIpc) is 3.01. The predicted molar refractivity (Wildman–Crippen MR) is 90.1 cm³/mol. The Morgan fingerprint density at radius 3 is 2.70 bits per heavy atom. The van der Waals surface area contributed by atoms with Crippen molar-refractivity contribution < 1.29 is 9.32 Å². The fourth-order valence-electron chi connectivity index (χ4n) is 2.35. The summed E-state index contributed by atoms with van der Waals surface area (Å²) < 4.78 is 5.40. The number of hydrogen-bond donors (Lipinski definition) is 2. The van der Waals surface area contributed by atoms with Gasteiger partial charge in [-0.1, -0.05) is 25.9 Å². The van der Waals surface area contributed by atoms with Crippen LogP contribution in [-0.4, -0.2) is 16.0 Å². The zero-order valence-corrected chi connectivity index (χ0v) is 14.7. The summed E-state index contributed by atoms with van der Waals surface area (Å²) in [6.45, 7) is 7.61. The standard InChI is InChI=1S/C16H22N4O2S/c1-9-8-10(18-14(21)15(2,3)4)23-11(9)12-19-13(20-22-12)16(17)6-5-7-16/h8H,5-7,17H2,1-4H3,(H,18,21). The molecule has 3 rings (SSSR count). The van der Waals surface area contributed by atoms with Gasteiger partial charge in [-0.05, 0) is 37.8 Å². The molecule has 0 aliphatic heterocycles. The maximum Gasteiger partial charge on any atom is 0.268 e. The molecule has 6 nitrogen and oxygen atoms in total. The summed E-state index contributed by atoms with van der Waals surface area (Å²) in [4.78, 5) is 17.4. The molecule has 0 radical (unpaired) electrons.